The Labute approximate surface area is 77.4 Å². The van der Waals surface area contributed by atoms with E-state index in [0.29, 0.717) is 24.2 Å². The second-order valence-electron chi connectivity index (χ2n) is 4.51. The Morgan fingerprint density at radius 2 is 2.23 bits per heavy atom. The summed E-state index contributed by atoms with van der Waals surface area (Å²) < 4.78 is 10.8. The highest BCUT2D eigenvalue weighted by Gasteiger charge is 2.57. The minimum absolute atomic E-state index is 0.0198. The van der Waals surface area contributed by atoms with E-state index < -0.39 is 0 Å². The molecule has 2 aliphatic carbocycles. The summed E-state index contributed by atoms with van der Waals surface area (Å²) in [6.45, 7) is 0. The van der Waals surface area contributed by atoms with Crippen LogP contribution in [0.1, 0.15) is 19.3 Å². The first-order valence-corrected chi connectivity index (χ1v) is 5.02. The van der Waals surface area contributed by atoms with Crippen molar-refractivity contribution < 1.29 is 14.3 Å². The van der Waals surface area contributed by atoms with Crippen LogP contribution in [-0.2, 0) is 14.3 Å². The van der Waals surface area contributed by atoms with E-state index in [0.717, 1.165) is 0 Å². The Hall–Kier alpha value is -0.570. The molecule has 0 aromatic carbocycles. The van der Waals surface area contributed by atoms with E-state index in [1.165, 1.54) is 12.8 Å². The van der Waals surface area contributed by atoms with Crippen molar-refractivity contribution in [2.24, 2.45) is 17.8 Å². The van der Waals surface area contributed by atoms with E-state index in [9.17, 15) is 4.79 Å². The van der Waals surface area contributed by atoms with Crippen molar-refractivity contribution in [3.05, 3.63) is 0 Å². The molecule has 2 bridgehead atoms. The van der Waals surface area contributed by atoms with Gasteiger partial charge in [0.1, 0.15) is 6.10 Å². The number of carbonyl (C=O) groups is 1. The first kappa shape index (κ1) is 7.80. The summed E-state index contributed by atoms with van der Waals surface area (Å²) in [7, 11) is 1.73. The molecule has 0 N–H and O–H groups in total. The number of methoxy groups -OCH3 is 1. The summed E-state index contributed by atoms with van der Waals surface area (Å²) in [5, 5.41) is 0. The van der Waals surface area contributed by atoms with Crippen LogP contribution in [0.25, 0.3) is 0 Å². The molecule has 13 heavy (non-hydrogen) atoms. The molecule has 0 spiro atoms. The molecule has 5 atom stereocenters. The van der Waals surface area contributed by atoms with Gasteiger partial charge in [0.05, 0.1) is 6.10 Å². The SMILES string of the molecule is COC1C2CC3CC(=O)OC1C3C2. The largest absolute Gasteiger partial charge is 0.459 e. The van der Waals surface area contributed by atoms with Crippen molar-refractivity contribution in [1.82, 2.24) is 0 Å². The van der Waals surface area contributed by atoms with Crippen LogP contribution in [0.2, 0.25) is 0 Å². The highest BCUT2D eigenvalue weighted by molar-refractivity contribution is 5.71. The van der Waals surface area contributed by atoms with Gasteiger partial charge in [-0.2, -0.15) is 0 Å². The molecular weight excluding hydrogens is 168 g/mol. The number of carbonyl (C=O) groups excluding carboxylic acids is 1. The van der Waals surface area contributed by atoms with Crippen LogP contribution in [-0.4, -0.2) is 25.3 Å². The van der Waals surface area contributed by atoms with Gasteiger partial charge in [0, 0.05) is 19.4 Å². The molecule has 3 fully saturated rings. The van der Waals surface area contributed by atoms with Gasteiger partial charge in [0.15, 0.2) is 0 Å². The number of rotatable bonds is 1. The van der Waals surface area contributed by atoms with Crippen molar-refractivity contribution in [3.63, 3.8) is 0 Å². The molecule has 2 saturated carbocycles. The normalized spacial score (nSPS) is 52.4. The zero-order valence-electron chi connectivity index (χ0n) is 7.73. The number of fused-ring (bicyclic) bond motifs is 1. The maximum Gasteiger partial charge on any atom is 0.306 e. The molecule has 1 aliphatic heterocycles. The van der Waals surface area contributed by atoms with E-state index in [4.69, 9.17) is 9.47 Å². The summed E-state index contributed by atoms with van der Waals surface area (Å²) in [5.41, 5.74) is 0. The molecule has 0 radical (unpaired) electrons. The van der Waals surface area contributed by atoms with E-state index in [1.807, 2.05) is 0 Å². The molecule has 5 unspecified atom stereocenters. The predicted molar refractivity (Wildman–Crippen MR) is 45.0 cm³/mol. The highest BCUT2D eigenvalue weighted by Crippen LogP contribution is 2.54. The minimum atomic E-state index is -0.0198. The van der Waals surface area contributed by atoms with Crippen LogP contribution < -0.4 is 0 Å². The third-order valence-corrected chi connectivity index (χ3v) is 3.96. The highest BCUT2D eigenvalue weighted by atomic mass is 16.6. The van der Waals surface area contributed by atoms with Crippen LogP contribution in [0.5, 0.6) is 0 Å². The van der Waals surface area contributed by atoms with Crippen molar-refractivity contribution >= 4 is 5.97 Å². The molecule has 1 saturated heterocycles. The van der Waals surface area contributed by atoms with Crippen LogP contribution >= 0.6 is 0 Å². The van der Waals surface area contributed by atoms with Gasteiger partial charge >= 0.3 is 5.97 Å². The Morgan fingerprint density at radius 1 is 1.38 bits per heavy atom. The molecule has 1 heterocycles. The summed E-state index contributed by atoms with van der Waals surface area (Å²) >= 11 is 0. The van der Waals surface area contributed by atoms with Crippen LogP contribution in [0.3, 0.4) is 0 Å². The first-order valence-electron chi connectivity index (χ1n) is 5.02. The zero-order valence-corrected chi connectivity index (χ0v) is 7.73. The molecule has 0 aromatic rings. The molecular formula is C10H14O3. The number of hydrogen-bond donors (Lipinski definition) is 0. The third kappa shape index (κ3) is 0.909. The lowest BCUT2D eigenvalue weighted by Gasteiger charge is -2.38. The summed E-state index contributed by atoms with van der Waals surface area (Å²) in [5.74, 6) is 1.84. The molecule has 3 rings (SSSR count). The van der Waals surface area contributed by atoms with Gasteiger partial charge < -0.3 is 9.47 Å². The maximum absolute atomic E-state index is 11.2. The monoisotopic (exact) mass is 182 g/mol. The van der Waals surface area contributed by atoms with Gasteiger partial charge in [0.2, 0.25) is 0 Å². The second kappa shape index (κ2) is 2.47. The summed E-state index contributed by atoms with van der Waals surface area (Å²) in [4.78, 5) is 11.2. The van der Waals surface area contributed by atoms with Gasteiger partial charge in [0.25, 0.3) is 0 Å². The fourth-order valence-electron chi connectivity index (χ4n) is 3.51. The molecule has 72 valence electrons. The Balaban J connectivity index is 1.89. The smallest absolute Gasteiger partial charge is 0.306 e. The number of esters is 1. The van der Waals surface area contributed by atoms with Gasteiger partial charge in [-0.25, -0.2) is 0 Å². The van der Waals surface area contributed by atoms with Crippen molar-refractivity contribution in [3.8, 4) is 0 Å². The van der Waals surface area contributed by atoms with E-state index in [2.05, 4.69) is 0 Å². The molecule has 3 aliphatic rings. The standard InChI is InChI=1S/C10H14O3/c1-12-9-6-2-5-4-8(11)13-10(9)7(5)3-6/h5-7,9-10H,2-4H2,1H3. The van der Waals surface area contributed by atoms with Crippen molar-refractivity contribution in [1.29, 1.82) is 0 Å². The third-order valence-electron chi connectivity index (χ3n) is 3.96. The van der Waals surface area contributed by atoms with Gasteiger partial charge in [-0.15, -0.1) is 0 Å². The summed E-state index contributed by atoms with van der Waals surface area (Å²) in [6.07, 6.45) is 3.30. The van der Waals surface area contributed by atoms with Gasteiger partial charge in [-0.3, -0.25) is 4.79 Å². The average molecular weight is 182 g/mol. The topological polar surface area (TPSA) is 35.5 Å². The van der Waals surface area contributed by atoms with E-state index in [1.54, 1.807) is 7.11 Å². The molecule has 0 amide bonds. The first-order chi connectivity index (χ1) is 6.29. The molecule has 0 aromatic heterocycles. The number of ether oxygens (including phenoxy) is 2. The van der Waals surface area contributed by atoms with Crippen LogP contribution in [0.15, 0.2) is 0 Å². The Morgan fingerprint density at radius 3 is 3.00 bits per heavy atom. The van der Waals surface area contributed by atoms with Crippen LogP contribution in [0, 0.1) is 17.8 Å². The fourth-order valence-corrected chi connectivity index (χ4v) is 3.51. The molecule has 3 nitrogen and oxygen atoms in total. The average Bonchev–Trinajstić information content (AvgIpc) is 2.60. The number of hydrogen-bond acceptors (Lipinski definition) is 3. The van der Waals surface area contributed by atoms with Crippen LogP contribution in [0.4, 0.5) is 0 Å². The Bertz CT molecular complexity index is 249. The quantitative estimate of drug-likeness (QED) is 0.567. The van der Waals surface area contributed by atoms with Gasteiger partial charge in [-0.1, -0.05) is 0 Å². The minimum Gasteiger partial charge on any atom is -0.459 e. The van der Waals surface area contributed by atoms with Crippen molar-refractivity contribution in [2.75, 3.05) is 7.11 Å². The fraction of sp³-hybridized carbons (Fsp3) is 0.900. The summed E-state index contributed by atoms with van der Waals surface area (Å²) in [6, 6.07) is 0. The maximum atomic E-state index is 11.2. The predicted octanol–water partition coefficient (Wildman–Crippen LogP) is 0.973. The lowest BCUT2D eigenvalue weighted by atomic mass is 9.81. The van der Waals surface area contributed by atoms with E-state index >= 15 is 0 Å². The lowest BCUT2D eigenvalue weighted by molar-refractivity contribution is -0.175. The zero-order chi connectivity index (χ0) is 9.00. The van der Waals surface area contributed by atoms with E-state index in [-0.39, 0.29) is 18.2 Å². The van der Waals surface area contributed by atoms with Crippen molar-refractivity contribution in [2.45, 2.75) is 31.5 Å². The van der Waals surface area contributed by atoms with Gasteiger partial charge in [-0.05, 0) is 24.7 Å². The second-order valence-corrected chi connectivity index (χ2v) is 4.51. The molecule has 3 heteroatoms. The lowest BCUT2D eigenvalue weighted by Crippen LogP contribution is -2.45. The Kier molecular flexibility index (Phi) is 1.48.